The fourth-order valence-corrected chi connectivity index (χ4v) is 5.33. The Bertz CT molecular complexity index is 1380. The van der Waals surface area contributed by atoms with Crippen molar-refractivity contribution in [3.05, 3.63) is 75.3 Å². The summed E-state index contributed by atoms with van der Waals surface area (Å²) in [6.07, 6.45) is 4.20. The highest BCUT2D eigenvalue weighted by atomic mass is 79.9. The minimum atomic E-state index is -0.137. The Morgan fingerprint density at radius 2 is 2.06 bits per heavy atom. The van der Waals surface area contributed by atoms with Crippen LogP contribution in [0.25, 0.3) is 10.9 Å². The maximum absolute atomic E-state index is 13.6. The number of amides is 1. The lowest BCUT2D eigenvalue weighted by Crippen LogP contribution is -2.34. The van der Waals surface area contributed by atoms with Gasteiger partial charge in [0.15, 0.2) is 5.13 Å². The number of carbonyl (C=O) groups is 2. The lowest BCUT2D eigenvalue weighted by atomic mass is 10.1. The number of ether oxygens (including phenoxy) is 1. The number of halogens is 1. The Morgan fingerprint density at radius 1 is 1.24 bits per heavy atom. The van der Waals surface area contributed by atoms with Crippen LogP contribution in [0.4, 0.5) is 5.13 Å². The van der Waals surface area contributed by atoms with Crippen LogP contribution >= 0.6 is 27.3 Å². The van der Waals surface area contributed by atoms with E-state index >= 15 is 0 Å². The standard InChI is InChI=1S/C26H24BrN3O3S/c1-16-21(14-24(31)29(15-17-6-7-17)26-28-10-11-34-26)22-13-20(33-2)8-9-23(22)30(16)25(32)18-4-3-5-19(27)12-18/h3-5,8-13,17H,6-7,14-15H2,1-2H3. The van der Waals surface area contributed by atoms with E-state index in [-0.39, 0.29) is 18.2 Å². The van der Waals surface area contributed by atoms with Crippen molar-refractivity contribution in [1.82, 2.24) is 9.55 Å². The van der Waals surface area contributed by atoms with Crippen LogP contribution in [0.15, 0.2) is 58.5 Å². The van der Waals surface area contributed by atoms with Crippen LogP contribution in [-0.4, -0.2) is 35.0 Å². The molecule has 1 aliphatic carbocycles. The van der Waals surface area contributed by atoms with Crippen LogP contribution in [-0.2, 0) is 11.2 Å². The molecule has 0 aliphatic heterocycles. The zero-order valence-electron chi connectivity index (χ0n) is 19.0. The summed E-state index contributed by atoms with van der Waals surface area (Å²) in [4.78, 5) is 33.3. The van der Waals surface area contributed by atoms with E-state index in [0.717, 1.165) is 44.6 Å². The number of hydrogen-bond acceptors (Lipinski definition) is 5. The Morgan fingerprint density at radius 3 is 2.74 bits per heavy atom. The summed E-state index contributed by atoms with van der Waals surface area (Å²) in [5.41, 5.74) is 2.92. The number of anilines is 1. The van der Waals surface area contributed by atoms with Crippen molar-refractivity contribution in [2.24, 2.45) is 5.92 Å². The molecular formula is C26H24BrN3O3S. The molecule has 0 saturated heterocycles. The third-order valence-corrected chi connectivity index (χ3v) is 7.52. The monoisotopic (exact) mass is 537 g/mol. The van der Waals surface area contributed by atoms with Crippen molar-refractivity contribution < 1.29 is 14.3 Å². The van der Waals surface area contributed by atoms with Crippen LogP contribution in [0.1, 0.15) is 34.5 Å². The van der Waals surface area contributed by atoms with Crippen LogP contribution < -0.4 is 9.64 Å². The smallest absolute Gasteiger partial charge is 0.262 e. The van der Waals surface area contributed by atoms with E-state index in [1.807, 2.05) is 48.7 Å². The number of fused-ring (bicyclic) bond motifs is 1. The lowest BCUT2D eigenvalue weighted by molar-refractivity contribution is -0.118. The molecule has 6 nitrogen and oxygen atoms in total. The van der Waals surface area contributed by atoms with Gasteiger partial charge in [0.1, 0.15) is 5.75 Å². The van der Waals surface area contributed by atoms with Crippen molar-refractivity contribution in [2.45, 2.75) is 26.2 Å². The first-order valence-corrected chi connectivity index (χ1v) is 12.8. The second kappa shape index (κ2) is 9.35. The SMILES string of the molecule is COc1ccc2c(c1)c(CC(=O)N(CC1CC1)c1nccs1)c(C)n2C(=O)c1cccc(Br)c1. The van der Waals surface area contributed by atoms with Crippen molar-refractivity contribution >= 4 is 55.1 Å². The molecule has 2 aromatic heterocycles. The molecule has 4 aromatic rings. The molecule has 0 unspecified atom stereocenters. The zero-order valence-corrected chi connectivity index (χ0v) is 21.4. The summed E-state index contributed by atoms with van der Waals surface area (Å²) in [5.74, 6) is 1.07. The van der Waals surface area contributed by atoms with Gasteiger partial charge in [0.2, 0.25) is 5.91 Å². The molecule has 2 heterocycles. The first-order chi connectivity index (χ1) is 16.5. The van der Waals surface area contributed by atoms with E-state index in [2.05, 4.69) is 20.9 Å². The first-order valence-electron chi connectivity index (χ1n) is 11.1. The van der Waals surface area contributed by atoms with Gasteiger partial charge >= 0.3 is 0 Å². The molecule has 1 fully saturated rings. The van der Waals surface area contributed by atoms with Gasteiger partial charge < -0.3 is 4.74 Å². The maximum atomic E-state index is 13.6. The van der Waals surface area contributed by atoms with Crippen LogP contribution in [0.2, 0.25) is 0 Å². The largest absolute Gasteiger partial charge is 0.497 e. The molecule has 174 valence electrons. The number of nitrogens with zero attached hydrogens (tertiary/aromatic N) is 3. The minimum absolute atomic E-state index is 0.0123. The molecule has 0 N–H and O–H groups in total. The third-order valence-electron chi connectivity index (χ3n) is 6.23. The Kier molecular flexibility index (Phi) is 6.27. The molecule has 0 atom stereocenters. The molecule has 8 heteroatoms. The number of hydrogen-bond donors (Lipinski definition) is 0. The summed E-state index contributed by atoms with van der Waals surface area (Å²) in [6.45, 7) is 2.59. The number of thiazole rings is 1. The predicted octanol–water partition coefficient (Wildman–Crippen LogP) is 5.85. The van der Waals surface area contributed by atoms with E-state index in [9.17, 15) is 9.59 Å². The van der Waals surface area contributed by atoms with Gasteiger partial charge in [0.05, 0.1) is 19.0 Å². The molecule has 1 aliphatic rings. The van der Waals surface area contributed by atoms with Crippen molar-refractivity contribution in [3.8, 4) is 5.75 Å². The van der Waals surface area contributed by atoms with Gasteiger partial charge in [-0.2, -0.15) is 0 Å². The van der Waals surface area contributed by atoms with E-state index in [4.69, 9.17) is 4.74 Å². The van der Waals surface area contributed by atoms with Gasteiger partial charge in [-0.1, -0.05) is 22.0 Å². The second-order valence-electron chi connectivity index (χ2n) is 8.54. The van der Waals surface area contributed by atoms with Crippen LogP contribution in [0.3, 0.4) is 0 Å². The minimum Gasteiger partial charge on any atom is -0.497 e. The third kappa shape index (κ3) is 4.40. The van der Waals surface area contributed by atoms with E-state index < -0.39 is 0 Å². The molecule has 1 saturated carbocycles. The molecule has 0 spiro atoms. The predicted molar refractivity (Wildman–Crippen MR) is 138 cm³/mol. The summed E-state index contributed by atoms with van der Waals surface area (Å²) < 4.78 is 7.99. The second-order valence-corrected chi connectivity index (χ2v) is 10.3. The highest BCUT2D eigenvalue weighted by Gasteiger charge is 2.30. The van der Waals surface area contributed by atoms with Gasteiger partial charge in [-0.15, -0.1) is 11.3 Å². The van der Waals surface area contributed by atoms with E-state index in [1.165, 1.54) is 11.3 Å². The lowest BCUT2D eigenvalue weighted by Gasteiger charge is -2.20. The number of aromatic nitrogens is 2. The van der Waals surface area contributed by atoms with Gasteiger partial charge in [-0.25, -0.2) is 4.98 Å². The van der Waals surface area contributed by atoms with Gasteiger partial charge in [0.25, 0.3) is 5.91 Å². The highest BCUT2D eigenvalue weighted by molar-refractivity contribution is 9.10. The normalized spacial score (nSPS) is 13.3. The van der Waals surface area contributed by atoms with E-state index in [1.54, 1.807) is 28.8 Å². The topological polar surface area (TPSA) is 64.4 Å². The fourth-order valence-electron chi connectivity index (χ4n) is 4.27. The number of carbonyl (C=O) groups excluding carboxylic acids is 2. The molecular weight excluding hydrogens is 514 g/mol. The van der Waals surface area contributed by atoms with Gasteiger partial charge in [0, 0.05) is 39.2 Å². The summed E-state index contributed by atoms with van der Waals surface area (Å²) >= 11 is 4.93. The Labute approximate surface area is 210 Å². The quantitative estimate of drug-likeness (QED) is 0.296. The van der Waals surface area contributed by atoms with Crippen LogP contribution in [0.5, 0.6) is 5.75 Å². The molecule has 5 rings (SSSR count). The van der Waals surface area contributed by atoms with Crippen molar-refractivity contribution in [2.75, 3.05) is 18.6 Å². The number of benzene rings is 2. The summed E-state index contributed by atoms with van der Waals surface area (Å²) in [5, 5.41) is 3.46. The van der Waals surface area contributed by atoms with Crippen molar-refractivity contribution in [1.29, 1.82) is 0 Å². The zero-order chi connectivity index (χ0) is 23.8. The number of methoxy groups -OCH3 is 1. The van der Waals surface area contributed by atoms with Gasteiger partial charge in [-0.3, -0.25) is 19.1 Å². The molecule has 2 aromatic carbocycles. The Hall–Kier alpha value is -2.97. The molecule has 34 heavy (non-hydrogen) atoms. The van der Waals surface area contributed by atoms with Crippen molar-refractivity contribution in [3.63, 3.8) is 0 Å². The summed E-state index contributed by atoms with van der Waals surface area (Å²) in [7, 11) is 1.61. The maximum Gasteiger partial charge on any atom is 0.262 e. The average Bonchev–Trinajstić information content (AvgIpc) is 3.42. The molecule has 0 bridgehead atoms. The first kappa shape index (κ1) is 22.8. The fraction of sp³-hybridized carbons (Fsp3) is 0.269. The van der Waals surface area contributed by atoms with Crippen LogP contribution in [0, 0.1) is 12.8 Å². The Balaban J connectivity index is 1.58. The number of rotatable bonds is 7. The van der Waals surface area contributed by atoms with E-state index in [0.29, 0.717) is 23.8 Å². The van der Waals surface area contributed by atoms with Gasteiger partial charge in [-0.05, 0) is 67.6 Å². The highest BCUT2D eigenvalue weighted by Crippen LogP contribution is 2.34. The summed E-state index contributed by atoms with van der Waals surface area (Å²) in [6, 6.07) is 13.0. The molecule has 0 radical (unpaired) electrons. The average molecular weight is 538 g/mol. The molecule has 1 amide bonds.